The van der Waals surface area contributed by atoms with Gasteiger partial charge in [0.05, 0.1) is 0 Å². The number of anilines is 1. The summed E-state index contributed by atoms with van der Waals surface area (Å²) < 4.78 is 0. The standard InChI is InChI=1S/C16H20N2S/c1-3-18-11-13-6-4-5-7-15(13)19-16-9-8-12(2)10-14(16)17/h4-10,18H,3,11,17H2,1-2H3. The molecule has 19 heavy (non-hydrogen) atoms. The Balaban J connectivity index is 2.22. The maximum absolute atomic E-state index is 6.08. The van der Waals surface area contributed by atoms with E-state index in [2.05, 4.69) is 55.6 Å². The summed E-state index contributed by atoms with van der Waals surface area (Å²) in [4.78, 5) is 2.38. The van der Waals surface area contributed by atoms with Gasteiger partial charge in [0.25, 0.3) is 0 Å². The number of rotatable bonds is 5. The van der Waals surface area contributed by atoms with E-state index < -0.39 is 0 Å². The van der Waals surface area contributed by atoms with Crippen LogP contribution < -0.4 is 11.1 Å². The number of hydrogen-bond donors (Lipinski definition) is 2. The van der Waals surface area contributed by atoms with Gasteiger partial charge >= 0.3 is 0 Å². The molecule has 0 unspecified atom stereocenters. The molecule has 0 aliphatic carbocycles. The Morgan fingerprint density at radius 2 is 1.89 bits per heavy atom. The van der Waals surface area contributed by atoms with Gasteiger partial charge in [0.2, 0.25) is 0 Å². The molecule has 0 saturated carbocycles. The van der Waals surface area contributed by atoms with Gasteiger partial charge in [-0.3, -0.25) is 0 Å². The molecule has 0 heterocycles. The Labute approximate surface area is 119 Å². The van der Waals surface area contributed by atoms with Gasteiger partial charge in [0.1, 0.15) is 0 Å². The Morgan fingerprint density at radius 1 is 1.11 bits per heavy atom. The van der Waals surface area contributed by atoms with E-state index in [1.807, 2.05) is 6.07 Å². The SMILES string of the molecule is CCNCc1ccccc1Sc1ccc(C)cc1N. The minimum Gasteiger partial charge on any atom is -0.398 e. The zero-order valence-corrected chi connectivity index (χ0v) is 12.3. The third-order valence-corrected chi connectivity index (χ3v) is 4.13. The second-order valence-corrected chi connectivity index (χ2v) is 5.62. The minimum atomic E-state index is 0.850. The van der Waals surface area contributed by atoms with E-state index >= 15 is 0 Å². The molecule has 2 aromatic carbocycles. The van der Waals surface area contributed by atoms with Crippen LogP contribution in [0.3, 0.4) is 0 Å². The van der Waals surface area contributed by atoms with Crippen molar-refractivity contribution in [2.75, 3.05) is 12.3 Å². The van der Waals surface area contributed by atoms with Gasteiger partial charge in [-0.05, 0) is 42.8 Å². The van der Waals surface area contributed by atoms with Gasteiger partial charge < -0.3 is 11.1 Å². The lowest BCUT2D eigenvalue weighted by molar-refractivity contribution is 0.718. The lowest BCUT2D eigenvalue weighted by Crippen LogP contribution is -2.12. The molecule has 0 aromatic heterocycles. The Kier molecular flexibility index (Phi) is 4.88. The van der Waals surface area contributed by atoms with Crippen LogP contribution in [-0.4, -0.2) is 6.54 Å². The molecule has 2 nitrogen and oxygen atoms in total. The number of nitrogens with one attached hydrogen (secondary N) is 1. The second kappa shape index (κ2) is 6.64. The van der Waals surface area contributed by atoms with Crippen molar-refractivity contribution in [2.45, 2.75) is 30.2 Å². The van der Waals surface area contributed by atoms with Gasteiger partial charge in [0.15, 0.2) is 0 Å². The molecule has 0 aliphatic rings. The van der Waals surface area contributed by atoms with Crippen molar-refractivity contribution in [3.05, 3.63) is 53.6 Å². The van der Waals surface area contributed by atoms with Crippen LogP contribution in [0.15, 0.2) is 52.3 Å². The number of nitrogens with two attached hydrogens (primary N) is 1. The van der Waals surface area contributed by atoms with Crippen LogP contribution in [-0.2, 0) is 6.54 Å². The zero-order valence-electron chi connectivity index (χ0n) is 11.4. The lowest BCUT2D eigenvalue weighted by Gasteiger charge is -2.11. The summed E-state index contributed by atoms with van der Waals surface area (Å²) in [6, 6.07) is 14.7. The van der Waals surface area contributed by atoms with Crippen LogP contribution in [0.4, 0.5) is 5.69 Å². The van der Waals surface area contributed by atoms with E-state index in [9.17, 15) is 0 Å². The Bertz CT molecular complexity index is 552. The van der Waals surface area contributed by atoms with Gasteiger partial charge in [-0.15, -0.1) is 0 Å². The molecule has 0 fully saturated rings. The quantitative estimate of drug-likeness (QED) is 0.812. The summed E-state index contributed by atoms with van der Waals surface area (Å²) in [6.07, 6.45) is 0. The highest BCUT2D eigenvalue weighted by Crippen LogP contribution is 2.34. The predicted molar refractivity (Wildman–Crippen MR) is 83.5 cm³/mol. The van der Waals surface area contributed by atoms with Crippen LogP contribution in [0, 0.1) is 6.92 Å². The molecule has 0 spiro atoms. The first-order valence-corrected chi connectivity index (χ1v) is 7.35. The first kappa shape index (κ1) is 14.0. The van der Waals surface area contributed by atoms with Crippen LogP contribution in [0.1, 0.15) is 18.1 Å². The number of benzene rings is 2. The van der Waals surface area contributed by atoms with E-state index in [4.69, 9.17) is 5.73 Å². The largest absolute Gasteiger partial charge is 0.398 e. The van der Waals surface area contributed by atoms with Gasteiger partial charge in [-0.25, -0.2) is 0 Å². The summed E-state index contributed by atoms with van der Waals surface area (Å²) in [7, 11) is 0. The number of nitrogen functional groups attached to an aromatic ring is 1. The number of aryl methyl sites for hydroxylation is 1. The molecule has 3 N–H and O–H groups in total. The third kappa shape index (κ3) is 3.75. The highest BCUT2D eigenvalue weighted by atomic mass is 32.2. The topological polar surface area (TPSA) is 38.0 Å². The van der Waals surface area contributed by atoms with E-state index in [-0.39, 0.29) is 0 Å². The van der Waals surface area contributed by atoms with Crippen LogP contribution in [0.2, 0.25) is 0 Å². The van der Waals surface area contributed by atoms with Crippen LogP contribution in [0.25, 0.3) is 0 Å². The second-order valence-electron chi connectivity index (χ2n) is 4.53. The maximum Gasteiger partial charge on any atom is 0.0458 e. The fourth-order valence-electron chi connectivity index (χ4n) is 1.89. The van der Waals surface area contributed by atoms with Gasteiger partial charge in [0, 0.05) is 22.0 Å². The summed E-state index contributed by atoms with van der Waals surface area (Å²) in [5.74, 6) is 0. The van der Waals surface area contributed by atoms with E-state index in [1.54, 1.807) is 11.8 Å². The van der Waals surface area contributed by atoms with E-state index in [0.29, 0.717) is 0 Å². The third-order valence-electron chi connectivity index (χ3n) is 2.92. The first-order valence-electron chi connectivity index (χ1n) is 6.53. The van der Waals surface area contributed by atoms with Crippen molar-refractivity contribution in [3.63, 3.8) is 0 Å². The summed E-state index contributed by atoms with van der Waals surface area (Å²) >= 11 is 1.73. The molecular formula is C16H20N2S. The number of hydrogen-bond acceptors (Lipinski definition) is 3. The minimum absolute atomic E-state index is 0.850. The van der Waals surface area contributed by atoms with Crippen molar-refractivity contribution in [1.29, 1.82) is 0 Å². The summed E-state index contributed by atoms with van der Waals surface area (Å²) in [6.45, 7) is 6.05. The van der Waals surface area contributed by atoms with Crippen molar-refractivity contribution in [1.82, 2.24) is 5.32 Å². The fourth-order valence-corrected chi connectivity index (χ4v) is 2.86. The Morgan fingerprint density at radius 3 is 2.63 bits per heavy atom. The molecule has 3 heteroatoms. The van der Waals surface area contributed by atoms with Crippen molar-refractivity contribution in [2.24, 2.45) is 0 Å². The molecule has 0 saturated heterocycles. The fraction of sp³-hybridized carbons (Fsp3) is 0.250. The molecule has 2 aromatic rings. The molecule has 0 radical (unpaired) electrons. The highest BCUT2D eigenvalue weighted by Gasteiger charge is 2.06. The maximum atomic E-state index is 6.08. The molecule has 100 valence electrons. The van der Waals surface area contributed by atoms with Crippen molar-refractivity contribution < 1.29 is 0 Å². The predicted octanol–water partition coefficient (Wildman–Crippen LogP) is 3.84. The Hall–Kier alpha value is -1.45. The van der Waals surface area contributed by atoms with E-state index in [1.165, 1.54) is 16.0 Å². The summed E-state index contributed by atoms with van der Waals surface area (Å²) in [5.41, 5.74) is 9.44. The molecule has 0 bridgehead atoms. The highest BCUT2D eigenvalue weighted by molar-refractivity contribution is 7.99. The van der Waals surface area contributed by atoms with Gasteiger partial charge in [-0.1, -0.05) is 43.0 Å². The molecule has 0 amide bonds. The van der Waals surface area contributed by atoms with Crippen molar-refractivity contribution >= 4 is 17.4 Å². The molecular weight excluding hydrogens is 252 g/mol. The first-order chi connectivity index (χ1) is 9.20. The van der Waals surface area contributed by atoms with Crippen LogP contribution in [0.5, 0.6) is 0 Å². The summed E-state index contributed by atoms with van der Waals surface area (Å²) in [5, 5.41) is 3.37. The normalized spacial score (nSPS) is 10.6. The molecule has 2 rings (SSSR count). The van der Waals surface area contributed by atoms with Gasteiger partial charge in [-0.2, -0.15) is 0 Å². The zero-order chi connectivity index (χ0) is 13.7. The average Bonchev–Trinajstić information content (AvgIpc) is 2.41. The smallest absolute Gasteiger partial charge is 0.0458 e. The monoisotopic (exact) mass is 272 g/mol. The van der Waals surface area contributed by atoms with Crippen molar-refractivity contribution in [3.8, 4) is 0 Å². The molecule has 0 atom stereocenters. The van der Waals surface area contributed by atoms with E-state index in [0.717, 1.165) is 23.7 Å². The average molecular weight is 272 g/mol. The lowest BCUT2D eigenvalue weighted by atomic mass is 10.2. The van der Waals surface area contributed by atoms with Crippen LogP contribution >= 0.6 is 11.8 Å². The molecule has 0 aliphatic heterocycles.